The van der Waals surface area contributed by atoms with Gasteiger partial charge in [-0.3, -0.25) is 4.79 Å². The third-order valence-electron chi connectivity index (χ3n) is 3.82. The Kier molecular flexibility index (Phi) is 5.35. The van der Waals surface area contributed by atoms with Crippen molar-refractivity contribution in [3.63, 3.8) is 0 Å². The van der Waals surface area contributed by atoms with Crippen LogP contribution < -0.4 is 10.5 Å². The summed E-state index contributed by atoms with van der Waals surface area (Å²) < 4.78 is 5.20. The lowest BCUT2D eigenvalue weighted by atomic mass is 10.1. The summed E-state index contributed by atoms with van der Waals surface area (Å²) in [5, 5.41) is 0. The summed E-state index contributed by atoms with van der Waals surface area (Å²) in [6.45, 7) is 1.30. The SMILES string of the molecule is COc1ncccc1C(=O)N(CCCN)C1CCCC1. The van der Waals surface area contributed by atoms with Gasteiger partial charge in [0.15, 0.2) is 0 Å². The summed E-state index contributed by atoms with van der Waals surface area (Å²) in [5.41, 5.74) is 6.14. The van der Waals surface area contributed by atoms with Crippen molar-refractivity contribution in [2.24, 2.45) is 5.73 Å². The topological polar surface area (TPSA) is 68.5 Å². The number of carbonyl (C=O) groups is 1. The fourth-order valence-electron chi connectivity index (χ4n) is 2.80. The van der Waals surface area contributed by atoms with E-state index in [1.807, 2.05) is 4.90 Å². The highest BCUT2D eigenvalue weighted by atomic mass is 16.5. The molecule has 0 aromatic carbocycles. The Labute approximate surface area is 120 Å². The van der Waals surface area contributed by atoms with E-state index in [-0.39, 0.29) is 5.91 Å². The molecule has 0 saturated heterocycles. The van der Waals surface area contributed by atoms with Gasteiger partial charge in [-0.25, -0.2) is 4.98 Å². The zero-order chi connectivity index (χ0) is 14.4. The van der Waals surface area contributed by atoms with Gasteiger partial charge in [0.25, 0.3) is 5.91 Å². The molecule has 1 aliphatic carbocycles. The number of nitrogens with zero attached hydrogens (tertiary/aromatic N) is 2. The van der Waals surface area contributed by atoms with E-state index in [4.69, 9.17) is 10.5 Å². The van der Waals surface area contributed by atoms with Crippen LogP contribution in [0.4, 0.5) is 0 Å². The van der Waals surface area contributed by atoms with E-state index in [1.165, 1.54) is 12.8 Å². The van der Waals surface area contributed by atoms with Crippen molar-refractivity contribution in [2.75, 3.05) is 20.2 Å². The van der Waals surface area contributed by atoms with Crippen molar-refractivity contribution >= 4 is 5.91 Å². The fourth-order valence-corrected chi connectivity index (χ4v) is 2.80. The zero-order valence-electron chi connectivity index (χ0n) is 12.0. The summed E-state index contributed by atoms with van der Waals surface area (Å²) in [4.78, 5) is 18.9. The monoisotopic (exact) mass is 277 g/mol. The number of hydrogen-bond acceptors (Lipinski definition) is 4. The number of amides is 1. The summed E-state index contributed by atoms with van der Waals surface area (Å²) in [6, 6.07) is 3.88. The lowest BCUT2D eigenvalue weighted by molar-refractivity contribution is 0.0676. The fraction of sp³-hybridized carbons (Fsp3) is 0.600. The molecular formula is C15H23N3O2. The predicted molar refractivity (Wildman–Crippen MR) is 77.8 cm³/mol. The molecule has 5 nitrogen and oxygen atoms in total. The first-order valence-corrected chi connectivity index (χ1v) is 7.28. The third-order valence-corrected chi connectivity index (χ3v) is 3.82. The van der Waals surface area contributed by atoms with Crippen LogP contribution in [0.15, 0.2) is 18.3 Å². The van der Waals surface area contributed by atoms with Gasteiger partial charge in [0.2, 0.25) is 5.88 Å². The molecule has 0 aliphatic heterocycles. The van der Waals surface area contributed by atoms with E-state index in [0.29, 0.717) is 30.6 Å². The second kappa shape index (κ2) is 7.24. The Morgan fingerprint density at radius 3 is 2.90 bits per heavy atom. The molecule has 20 heavy (non-hydrogen) atoms. The Hall–Kier alpha value is -1.62. The average Bonchev–Trinajstić information content (AvgIpc) is 3.01. The van der Waals surface area contributed by atoms with Gasteiger partial charge in [-0.05, 0) is 37.9 Å². The molecule has 0 radical (unpaired) electrons. The van der Waals surface area contributed by atoms with Crippen LogP contribution in [-0.2, 0) is 0 Å². The summed E-state index contributed by atoms with van der Waals surface area (Å²) in [7, 11) is 1.54. The third kappa shape index (κ3) is 3.28. The average molecular weight is 277 g/mol. The Balaban J connectivity index is 2.20. The van der Waals surface area contributed by atoms with E-state index in [9.17, 15) is 4.79 Å². The number of methoxy groups -OCH3 is 1. The first-order chi connectivity index (χ1) is 9.77. The van der Waals surface area contributed by atoms with Crippen LogP contribution in [0, 0.1) is 0 Å². The van der Waals surface area contributed by atoms with Crippen molar-refractivity contribution in [2.45, 2.75) is 38.1 Å². The van der Waals surface area contributed by atoms with Crippen LogP contribution in [0.2, 0.25) is 0 Å². The number of carbonyl (C=O) groups excluding carboxylic acids is 1. The van der Waals surface area contributed by atoms with E-state index in [0.717, 1.165) is 19.3 Å². The molecule has 5 heteroatoms. The number of nitrogens with two attached hydrogens (primary N) is 1. The molecule has 0 atom stereocenters. The molecule has 0 bridgehead atoms. The van der Waals surface area contributed by atoms with Crippen LogP contribution in [0.3, 0.4) is 0 Å². The van der Waals surface area contributed by atoms with Gasteiger partial charge in [0.1, 0.15) is 5.56 Å². The number of rotatable bonds is 6. The van der Waals surface area contributed by atoms with E-state index >= 15 is 0 Å². The van der Waals surface area contributed by atoms with Gasteiger partial charge in [-0.15, -0.1) is 0 Å². The van der Waals surface area contributed by atoms with Crippen LogP contribution in [0.5, 0.6) is 5.88 Å². The molecule has 1 aliphatic rings. The number of ether oxygens (including phenoxy) is 1. The lowest BCUT2D eigenvalue weighted by Gasteiger charge is -2.29. The quantitative estimate of drug-likeness (QED) is 0.861. The molecule has 1 saturated carbocycles. The van der Waals surface area contributed by atoms with Gasteiger partial charge in [0, 0.05) is 18.8 Å². The summed E-state index contributed by atoms with van der Waals surface area (Å²) in [6.07, 6.45) is 7.01. The highest BCUT2D eigenvalue weighted by Gasteiger charge is 2.28. The van der Waals surface area contributed by atoms with Gasteiger partial charge in [-0.1, -0.05) is 12.8 Å². The minimum Gasteiger partial charge on any atom is -0.480 e. The summed E-state index contributed by atoms with van der Waals surface area (Å²) >= 11 is 0. The number of pyridine rings is 1. The minimum absolute atomic E-state index is 0.00954. The van der Waals surface area contributed by atoms with Crippen LogP contribution in [-0.4, -0.2) is 42.0 Å². The van der Waals surface area contributed by atoms with Crippen molar-refractivity contribution in [3.05, 3.63) is 23.9 Å². The Morgan fingerprint density at radius 2 is 2.25 bits per heavy atom. The maximum absolute atomic E-state index is 12.8. The molecule has 1 aromatic heterocycles. The van der Waals surface area contributed by atoms with Crippen molar-refractivity contribution < 1.29 is 9.53 Å². The minimum atomic E-state index is 0.00954. The first kappa shape index (κ1) is 14.8. The molecule has 2 rings (SSSR count). The highest BCUT2D eigenvalue weighted by molar-refractivity contribution is 5.96. The van der Waals surface area contributed by atoms with E-state index < -0.39 is 0 Å². The van der Waals surface area contributed by atoms with E-state index in [1.54, 1.807) is 25.4 Å². The van der Waals surface area contributed by atoms with Crippen LogP contribution >= 0.6 is 0 Å². The summed E-state index contributed by atoms with van der Waals surface area (Å²) in [5.74, 6) is 0.406. The van der Waals surface area contributed by atoms with Crippen LogP contribution in [0.25, 0.3) is 0 Å². The van der Waals surface area contributed by atoms with Crippen molar-refractivity contribution in [1.82, 2.24) is 9.88 Å². The predicted octanol–water partition coefficient (Wildman–Crippen LogP) is 1.82. The van der Waals surface area contributed by atoms with Gasteiger partial charge >= 0.3 is 0 Å². The maximum Gasteiger partial charge on any atom is 0.259 e. The standard InChI is InChI=1S/C15H23N3O2/c1-20-14-13(8-4-10-17-14)15(19)18(11-5-9-16)12-6-2-3-7-12/h4,8,10,12H,2-3,5-7,9,11,16H2,1H3. The zero-order valence-corrected chi connectivity index (χ0v) is 12.0. The molecular weight excluding hydrogens is 254 g/mol. The number of hydrogen-bond donors (Lipinski definition) is 1. The van der Waals surface area contributed by atoms with Gasteiger partial charge < -0.3 is 15.4 Å². The van der Waals surface area contributed by atoms with E-state index in [2.05, 4.69) is 4.98 Å². The molecule has 0 spiro atoms. The largest absolute Gasteiger partial charge is 0.480 e. The van der Waals surface area contributed by atoms with Crippen LogP contribution in [0.1, 0.15) is 42.5 Å². The molecule has 1 heterocycles. The maximum atomic E-state index is 12.8. The molecule has 1 amide bonds. The first-order valence-electron chi connectivity index (χ1n) is 7.28. The van der Waals surface area contributed by atoms with Gasteiger partial charge in [0.05, 0.1) is 7.11 Å². The van der Waals surface area contributed by atoms with Crippen molar-refractivity contribution in [3.8, 4) is 5.88 Å². The van der Waals surface area contributed by atoms with Crippen molar-refractivity contribution in [1.29, 1.82) is 0 Å². The highest BCUT2D eigenvalue weighted by Crippen LogP contribution is 2.26. The van der Waals surface area contributed by atoms with Gasteiger partial charge in [-0.2, -0.15) is 0 Å². The molecule has 110 valence electrons. The smallest absolute Gasteiger partial charge is 0.259 e. The Bertz CT molecular complexity index is 444. The molecule has 0 unspecified atom stereocenters. The molecule has 1 aromatic rings. The normalized spacial score (nSPS) is 15.3. The second-order valence-corrected chi connectivity index (χ2v) is 5.14. The number of aromatic nitrogens is 1. The molecule has 1 fully saturated rings. The second-order valence-electron chi connectivity index (χ2n) is 5.14. The lowest BCUT2D eigenvalue weighted by Crippen LogP contribution is -2.40. The molecule has 2 N–H and O–H groups in total. The Morgan fingerprint density at radius 1 is 1.50 bits per heavy atom.